The lowest BCUT2D eigenvalue weighted by Crippen LogP contribution is -2.40. The number of aromatic nitrogens is 1. The molecule has 1 N–H and O–H groups in total. The number of rotatable bonds is 3. The van der Waals surface area contributed by atoms with E-state index in [2.05, 4.69) is 10.3 Å². The minimum atomic E-state index is -4.85. The van der Waals surface area contributed by atoms with Gasteiger partial charge in [-0.15, -0.1) is 0 Å². The Labute approximate surface area is 215 Å². The molecular formula is C25H21F4N5O2S. The maximum atomic E-state index is 14.9. The number of amides is 2. The third kappa shape index (κ3) is 4.52. The number of carbonyl (C=O) groups excluding carboxylic acids is 2. The number of nitrogens with one attached hydrogen (secondary N) is 1. The molecule has 3 aliphatic rings. The van der Waals surface area contributed by atoms with Crippen LogP contribution in [0.1, 0.15) is 64.8 Å². The van der Waals surface area contributed by atoms with Crippen LogP contribution in [-0.2, 0) is 23.9 Å². The van der Waals surface area contributed by atoms with Gasteiger partial charge in [-0.2, -0.15) is 18.4 Å². The molecule has 2 amide bonds. The summed E-state index contributed by atoms with van der Waals surface area (Å²) in [6.07, 6.45) is 1.04. The molecule has 1 saturated carbocycles. The molecule has 1 unspecified atom stereocenters. The van der Waals surface area contributed by atoms with E-state index in [1.54, 1.807) is 4.90 Å². The highest BCUT2D eigenvalue weighted by Crippen LogP contribution is 2.37. The van der Waals surface area contributed by atoms with Crippen molar-refractivity contribution in [2.24, 2.45) is 0 Å². The molecule has 1 saturated heterocycles. The Kier molecular flexibility index (Phi) is 6.35. The van der Waals surface area contributed by atoms with Crippen molar-refractivity contribution in [2.75, 3.05) is 4.90 Å². The summed E-state index contributed by atoms with van der Waals surface area (Å²) in [6, 6.07) is 3.94. The van der Waals surface area contributed by atoms with Gasteiger partial charge in [-0.1, -0.05) is 19.3 Å². The Hall–Kier alpha value is -3.59. The number of nitrogens with zero attached hydrogens (tertiary/aromatic N) is 4. The number of benzene rings is 1. The van der Waals surface area contributed by atoms with E-state index in [9.17, 15) is 27.2 Å². The maximum absolute atomic E-state index is 14.9. The lowest BCUT2D eigenvalue weighted by atomic mass is 9.92. The number of carbonyl (C=O) groups is 2. The van der Waals surface area contributed by atoms with Gasteiger partial charge in [-0.3, -0.25) is 14.5 Å². The molecule has 2 aliphatic heterocycles. The molecule has 0 bridgehead atoms. The highest BCUT2D eigenvalue weighted by molar-refractivity contribution is 7.80. The normalized spacial score (nSPS) is 19.9. The van der Waals surface area contributed by atoms with Crippen molar-refractivity contribution in [2.45, 2.75) is 63.3 Å². The molecule has 1 aromatic carbocycles. The van der Waals surface area contributed by atoms with E-state index in [1.165, 1.54) is 18.2 Å². The summed E-state index contributed by atoms with van der Waals surface area (Å²) in [5, 5.41) is 11.9. The Morgan fingerprint density at radius 3 is 2.57 bits per heavy atom. The first-order valence-electron chi connectivity index (χ1n) is 11.8. The van der Waals surface area contributed by atoms with Crippen LogP contribution in [0.3, 0.4) is 0 Å². The Bertz CT molecular complexity index is 1350. The molecule has 5 rings (SSSR count). The first-order chi connectivity index (χ1) is 17.6. The van der Waals surface area contributed by atoms with Crippen LogP contribution in [0.5, 0.6) is 0 Å². The summed E-state index contributed by atoms with van der Waals surface area (Å²) in [6.45, 7) is 0.0842. The van der Waals surface area contributed by atoms with Crippen molar-refractivity contribution in [1.29, 1.82) is 5.26 Å². The number of pyridine rings is 1. The van der Waals surface area contributed by atoms with Gasteiger partial charge in [0.15, 0.2) is 10.8 Å². The number of hydrogen-bond donors (Lipinski definition) is 1. The Balaban J connectivity index is 1.41. The van der Waals surface area contributed by atoms with E-state index < -0.39 is 41.1 Å². The Morgan fingerprint density at radius 1 is 1.16 bits per heavy atom. The first-order valence-corrected chi connectivity index (χ1v) is 12.2. The van der Waals surface area contributed by atoms with Crippen LogP contribution < -0.4 is 10.2 Å². The van der Waals surface area contributed by atoms with E-state index in [1.807, 2.05) is 0 Å². The van der Waals surface area contributed by atoms with E-state index in [-0.39, 0.29) is 35.4 Å². The van der Waals surface area contributed by atoms with Crippen LogP contribution in [0.25, 0.3) is 0 Å². The third-order valence-corrected chi connectivity index (χ3v) is 7.51. The van der Waals surface area contributed by atoms with Crippen LogP contribution in [-0.4, -0.2) is 38.9 Å². The predicted molar refractivity (Wildman–Crippen MR) is 128 cm³/mol. The van der Waals surface area contributed by atoms with Gasteiger partial charge in [0.25, 0.3) is 11.8 Å². The fourth-order valence-corrected chi connectivity index (χ4v) is 5.59. The minimum absolute atomic E-state index is 0.000947. The van der Waals surface area contributed by atoms with Crippen LogP contribution in [0.15, 0.2) is 24.4 Å². The number of fused-ring (bicyclic) bond motifs is 2. The SMILES string of the molecule is N#Cc1ncc(N2C(=O)C3Cc4cc(F)c(C(=O)NC5CCCCC5)cc4CN3C2=S)cc1C(F)(F)F. The number of hydrogen-bond acceptors (Lipinski definition) is 5. The van der Waals surface area contributed by atoms with Gasteiger partial charge in [0.2, 0.25) is 0 Å². The van der Waals surface area contributed by atoms with Crippen LogP contribution in [0, 0.1) is 17.1 Å². The fourth-order valence-electron chi connectivity index (χ4n) is 5.20. The van der Waals surface area contributed by atoms with Crippen molar-refractivity contribution >= 4 is 34.8 Å². The molecule has 2 fully saturated rings. The molecule has 2 aromatic rings. The zero-order valence-corrected chi connectivity index (χ0v) is 20.3. The summed E-state index contributed by atoms with van der Waals surface area (Å²) in [5.41, 5.74) is -1.25. The summed E-state index contributed by atoms with van der Waals surface area (Å²) in [4.78, 5) is 32.1. The molecule has 0 radical (unpaired) electrons. The molecule has 37 heavy (non-hydrogen) atoms. The monoisotopic (exact) mass is 531 g/mol. The van der Waals surface area contributed by atoms with Gasteiger partial charge in [-0.25, -0.2) is 9.37 Å². The molecule has 1 atom stereocenters. The van der Waals surface area contributed by atoms with Crippen molar-refractivity contribution in [3.05, 3.63) is 58.2 Å². The number of thiocarbonyl (C=S) groups is 1. The zero-order valence-electron chi connectivity index (χ0n) is 19.4. The quantitative estimate of drug-likeness (QED) is 0.471. The molecule has 0 spiro atoms. The smallest absolute Gasteiger partial charge is 0.349 e. The number of nitriles is 1. The standard InChI is InChI=1S/C25H21F4N5O2S/c26-19-7-13-8-21-23(36)34(16-9-18(25(27,28)29)20(10-30)31-11-16)24(37)33(21)12-14(13)6-17(19)22(35)32-15-4-2-1-3-5-15/h6-7,9,11,15,21H,1-5,8,12H2,(H,32,35). The second kappa shape index (κ2) is 9.37. The summed E-state index contributed by atoms with van der Waals surface area (Å²) >= 11 is 5.45. The number of anilines is 1. The van der Waals surface area contributed by atoms with E-state index >= 15 is 0 Å². The second-order valence-corrected chi connectivity index (χ2v) is 9.78. The molecule has 3 heterocycles. The molecule has 7 nitrogen and oxygen atoms in total. The van der Waals surface area contributed by atoms with Gasteiger partial charge < -0.3 is 10.2 Å². The highest BCUT2D eigenvalue weighted by atomic mass is 32.1. The van der Waals surface area contributed by atoms with Crippen LogP contribution in [0.4, 0.5) is 23.2 Å². The highest BCUT2D eigenvalue weighted by Gasteiger charge is 2.46. The average Bonchev–Trinajstić information content (AvgIpc) is 3.10. The van der Waals surface area contributed by atoms with Crippen molar-refractivity contribution in [3.8, 4) is 6.07 Å². The Morgan fingerprint density at radius 2 is 1.89 bits per heavy atom. The summed E-state index contributed by atoms with van der Waals surface area (Å²) in [5.74, 6) is -1.77. The molecule has 1 aromatic heterocycles. The summed E-state index contributed by atoms with van der Waals surface area (Å²) < 4.78 is 55.3. The van der Waals surface area contributed by atoms with Gasteiger partial charge in [-0.05, 0) is 54.4 Å². The largest absolute Gasteiger partial charge is 0.419 e. The third-order valence-electron chi connectivity index (χ3n) is 7.09. The number of halogens is 4. The topological polar surface area (TPSA) is 89.3 Å². The van der Waals surface area contributed by atoms with E-state index in [4.69, 9.17) is 17.5 Å². The zero-order chi connectivity index (χ0) is 26.5. The van der Waals surface area contributed by atoms with Crippen molar-refractivity contribution in [3.63, 3.8) is 0 Å². The van der Waals surface area contributed by atoms with Crippen LogP contribution in [0.2, 0.25) is 0 Å². The lowest BCUT2D eigenvalue weighted by molar-refractivity contribution is -0.138. The fraction of sp³-hybridized carbons (Fsp3) is 0.400. The van der Waals surface area contributed by atoms with Crippen molar-refractivity contribution in [1.82, 2.24) is 15.2 Å². The van der Waals surface area contributed by atoms with Gasteiger partial charge in [0.1, 0.15) is 17.9 Å². The second-order valence-electron chi connectivity index (χ2n) is 9.41. The van der Waals surface area contributed by atoms with Gasteiger partial charge in [0.05, 0.1) is 23.0 Å². The lowest BCUT2D eigenvalue weighted by Gasteiger charge is -2.31. The van der Waals surface area contributed by atoms with E-state index in [0.29, 0.717) is 17.2 Å². The average molecular weight is 532 g/mol. The van der Waals surface area contributed by atoms with E-state index in [0.717, 1.165) is 43.2 Å². The van der Waals surface area contributed by atoms with Gasteiger partial charge >= 0.3 is 6.18 Å². The molecule has 192 valence electrons. The minimum Gasteiger partial charge on any atom is -0.349 e. The molecule has 12 heteroatoms. The van der Waals surface area contributed by atoms with Crippen molar-refractivity contribution < 1.29 is 27.2 Å². The summed E-state index contributed by atoms with van der Waals surface area (Å²) in [7, 11) is 0. The van der Waals surface area contributed by atoms with Crippen LogP contribution >= 0.6 is 12.2 Å². The predicted octanol–water partition coefficient (Wildman–Crippen LogP) is 4.23. The first kappa shape index (κ1) is 25.1. The molecular weight excluding hydrogens is 510 g/mol. The molecule has 1 aliphatic carbocycles. The maximum Gasteiger partial charge on any atom is 0.419 e. The van der Waals surface area contributed by atoms with Gasteiger partial charge in [0, 0.05) is 19.0 Å². The number of alkyl halides is 3.